The van der Waals surface area contributed by atoms with Crippen LogP contribution in [-0.4, -0.2) is 24.7 Å². The zero-order chi connectivity index (χ0) is 11.5. The highest BCUT2D eigenvalue weighted by Crippen LogP contribution is 2.33. The van der Waals surface area contributed by atoms with E-state index in [1.54, 1.807) is 0 Å². The number of alkyl halides is 3. The van der Waals surface area contributed by atoms with Crippen LogP contribution in [0.1, 0.15) is 26.2 Å². The van der Waals surface area contributed by atoms with Gasteiger partial charge < -0.3 is 4.74 Å². The van der Waals surface area contributed by atoms with Gasteiger partial charge >= 0.3 is 11.9 Å². The van der Waals surface area contributed by atoms with Gasteiger partial charge in [0, 0.05) is 5.57 Å². The monoisotopic (exact) mass is 222 g/mol. The Hall–Kier alpha value is -1.00. The smallest absolute Gasteiger partial charge is 0.381 e. The Balaban J connectivity index is 2.72. The number of hydrogen-bond donors (Lipinski definition) is 0. The highest BCUT2D eigenvalue weighted by molar-refractivity contribution is 5.81. The molecular formula is C10H13F3O2. The quantitative estimate of drug-likeness (QED) is 0.542. The summed E-state index contributed by atoms with van der Waals surface area (Å²) in [6.45, 7) is 1.37. The number of allylic oxidation sites excluding steroid dienone is 1. The van der Waals surface area contributed by atoms with Crippen LogP contribution in [0.2, 0.25) is 0 Å². The third-order valence-electron chi connectivity index (χ3n) is 2.28. The van der Waals surface area contributed by atoms with Crippen LogP contribution in [0.5, 0.6) is 0 Å². The van der Waals surface area contributed by atoms with Crippen LogP contribution >= 0.6 is 0 Å². The minimum absolute atomic E-state index is 0.0425. The molecule has 0 amide bonds. The molecule has 15 heavy (non-hydrogen) atoms. The molecule has 1 atom stereocenters. The minimum atomic E-state index is -3.60. The molecule has 1 aliphatic carbocycles. The summed E-state index contributed by atoms with van der Waals surface area (Å²) in [6, 6.07) is 0. The molecule has 0 aromatic carbocycles. The van der Waals surface area contributed by atoms with Crippen molar-refractivity contribution in [1.29, 1.82) is 0 Å². The van der Waals surface area contributed by atoms with E-state index in [1.807, 2.05) is 0 Å². The summed E-state index contributed by atoms with van der Waals surface area (Å²) < 4.78 is 43.7. The topological polar surface area (TPSA) is 26.3 Å². The van der Waals surface area contributed by atoms with Crippen molar-refractivity contribution in [1.82, 2.24) is 0 Å². The fourth-order valence-electron chi connectivity index (χ4n) is 1.44. The molecule has 0 N–H and O–H groups in total. The molecule has 0 aromatic rings. The third kappa shape index (κ3) is 2.73. The molecule has 1 rings (SSSR count). The maximum Gasteiger partial charge on any atom is 0.381 e. The van der Waals surface area contributed by atoms with E-state index in [1.165, 1.54) is 6.92 Å². The first-order chi connectivity index (χ1) is 6.98. The lowest BCUT2D eigenvalue weighted by atomic mass is 9.93. The van der Waals surface area contributed by atoms with E-state index in [-0.39, 0.29) is 31.4 Å². The summed E-state index contributed by atoms with van der Waals surface area (Å²) in [5.74, 6) is -5.15. The lowest BCUT2D eigenvalue weighted by Gasteiger charge is -2.22. The average molecular weight is 222 g/mol. The van der Waals surface area contributed by atoms with Gasteiger partial charge in [-0.1, -0.05) is 6.08 Å². The Bertz CT molecular complexity index is 274. The zero-order valence-electron chi connectivity index (χ0n) is 8.43. The van der Waals surface area contributed by atoms with Gasteiger partial charge in [-0.15, -0.1) is 0 Å². The first-order valence-electron chi connectivity index (χ1n) is 4.87. The van der Waals surface area contributed by atoms with Crippen molar-refractivity contribution in [3.63, 3.8) is 0 Å². The van der Waals surface area contributed by atoms with Gasteiger partial charge in [-0.25, -0.2) is 9.18 Å². The van der Waals surface area contributed by atoms with E-state index in [2.05, 4.69) is 4.74 Å². The minimum Gasteiger partial charge on any atom is -0.461 e. The van der Waals surface area contributed by atoms with Crippen molar-refractivity contribution in [3.8, 4) is 0 Å². The number of carbonyl (C=O) groups is 1. The summed E-state index contributed by atoms with van der Waals surface area (Å²) in [5, 5.41) is 0. The predicted molar refractivity (Wildman–Crippen MR) is 48.4 cm³/mol. The molecule has 86 valence electrons. The molecule has 0 heterocycles. The Kier molecular flexibility index (Phi) is 3.77. The van der Waals surface area contributed by atoms with Crippen molar-refractivity contribution >= 4 is 5.97 Å². The van der Waals surface area contributed by atoms with Crippen LogP contribution in [0, 0.1) is 0 Å². The Morgan fingerprint density at radius 1 is 1.67 bits per heavy atom. The molecule has 0 saturated heterocycles. The van der Waals surface area contributed by atoms with Gasteiger partial charge in [0.1, 0.15) is 6.17 Å². The van der Waals surface area contributed by atoms with Gasteiger partial charge in [-0.05, 0) is 26.2 Å². The second-order valence-electron chi connectivity index (χ2n) is 3.40. The van der Waals surface area contributed by atoms with E-state index in [0.29, 0.717) is 0 Å². The molecule has 0 spiro atoms. The molecule has 0 aliphatic heterocycles. The molecule has 0 radical (unpaired) electrons. The summed E-state index contributed by atoms with van der Waals surface area (Å²) in [6.07, 6.45) is -0.0739. The second-order valence-corrected chi connectivity index (χ2v) is 3.40. The largest absolute Gasteiger partial charge is 0.461 e. The van der Waals surface area contributed by atoms with Crippen LogP contribution in [0.3, 0.4) is 0 Å². The maximum atomic E-state index is 13.4. The first-order valence-corrected chi connectivity index (χ1v) is 4.87. The second kappa shape index (κ2) is 4.68. The summed E-state index contributed by atoms with van der Waals surface area (Å²) in [5.41, 5.74) is -0.324. The average Bonchev–Trinajstić information content (AvgIpc) is 2.18. The lowest BCUT2D eigenvalue weighted by Crippen LogP contribution is -2.34. The van der Waals surface area contributed by atoms with Gasteiger partial charge in [0.2, 0.25) is 0 Å². The fourth-order valence-corrected chi connectivity index (χ4v) is 1.44. The number of ether oxygens (including phenoxy) is 1. The molecule has 0 aromatic heterocycles. The Morgan fingerprint density at radius 3 is 2.80 bits per heavy atom. The van der Waals surface area contributed by atoms with Crippen molar-refractivity contribution < 1.29 is 22.7 Å². The normalized spacial score (nSPS) is 22.1. The number of hydrogen-bond acceptors (Lipinski definition) is 2. The first kappa shape index (κ1) is 12.1. The van der Waals surface area contributed by atoms with Gasteiger partial charge in [0.25, 0.3) is 0 Å². The van der Waals surface area contributed by atoms with Crippen LogP contribution in [0.25, 0.3) is 0 Å². The molecular weight excluding hydrogens is 209 g/mol. The highest BCUT2D eigenvalue weighted by atomic mass is 19.3. The van der Waals surface area contributed by atoms with Crippen LogP contribution < -0.4 is 0 Å². The Morgan fingerprint density at radius 2 is 2.33 bits per heavy atom. The van der Waals surface area contributed by atoms with E-state index in [4.69, 9.17) is 0 Å². The van der Waals surface area contributed by atoms with Gasteiger partial charge in [0.05, 0.1) is 6.61 Å². The molecule has 0 fully saturated rings. The number of halogens is 3. The molecule has 0 saturated carbocycles. The Labute approximate surface area is 86.1 Å². The SMILES string of the molecule is CCOC(=O)C(F)(F)C1=CCC(F)CC1. The standard InChI is InChI=1S/C10H13F3O2/c1-2-15-9(14)10(12,13)7-3-5-8(11)6-4-7/h3,8H,2,4-6H2,1H3. The van der Waals surface area contributed by atoms with E-state index >= 15 is 0 Å². The predicted octanol–water partition coefficient (Wildman–Crippen LogP) is 2.63. The van der Waals surface area contributed by atoms with E-state index in [0.717, 1.165) is 6.08 Å². The van der Waals surface area contributed by atoms with Crippen LogP contribution in [0.15, 0.2) is 11.6 Å². The van der Waals surface area contributed by atoms with Crippen molar-refractivity contribution in [2.45, 2.75) is 38.3 Å². The van der Waals surface area contributed by atoms with E-state index < -0.39 is 18.1 Å². The van der Waals surface area contributed by atoms with Crippen molar-refractivity contribution in [3.05, 3.63) is 11.6 Å². The molecule has 5 heteroatoms. The lowest BCUT2D eigenvalue weighted by molar-refractivity contribution is -0.166. The highest BCUT2D eigenvalue weighted by Gasteiger charge is 2.45. The van der Waals surface area contributed by atoms with Crippen molar-refractivity contribution in [2.24, 2.45) is 0 Å². The van der Waals surface area contributed by atoms with Crippen LogP contribution in [-0.2, 0) is 9.53 Å². The molecule has 1 aliphatic rings. The third-order valence-corrected chi connectivity index (χ3v) is 2.28. The van der Waals surface area contributed by atoms with Gasteiger partial charge in [-0.3, -0.25) is 0 Å². The van der Waals surface area contributed by atoms with E-state index in [9.17, 15) is 18.0 Å². The fraction of sp³-hybridized carbons (Fsp3) is 0.700. The summed E-state index contributed by atoms with van der Waals surface area (Å²) >= 11 is 0. The van der Waals surface area contributed by atoms with Crippen LogP contribution in [0.4, 0.5) is 13.2 Å². The summed E-state index contributed by atoms with van der Waals surface area (Å²) in [4.78, 5) is 10.9. The number of carbonyl (C=O) groups excluding carboxylic acids is 1. The molecule has 0 bridgehead atoms. The number of rotatable bonds is 3. The van der Waals surface area contributed by atoms with Crippen molar-refractivity contribution in [2.75, 3.05) is 6.61 Å². The zero-order valence-corrected chi connectivity index (χ0v) is 8.43. The van der Waals surface area contributed by atoms with Gasteiger partial charge in [-0.2, -0.15) is 8.78 Å². The maximum absolute atomic E-state index is 13.4. The summed E-state index contributed by atoms with van der Waals surface area (Å²) in [7, 11) is 0. The number of esters is 1. The molecule has 2 nitrogen and oxygen atoms in total. The molecule has 1 unspecified atom stereocenters. The van der Waals surface area contributed by atoms with Gasteiger partial charge in [0.15, 0.2) is 0 Å².